The number of hydrogen-bond donors (Lipinski definition) is 2. The number of hydrogen-bond acceptors (Lipinski definition) is 4. The third-order valence-electron chi connectivity index (χ3n) is 3.19. The highest BCUT2D eigenvalue weighted by molar-refractivity contribution is 5.68. The minimum atomic E-state index is -0.667. The van der Waals surface area contributed by atoms with Crippen molar-refractivity contribution in [1.29, 1.82) is 0 Å². The zero-order valence-corrected chi connectivity index (χ0v) is 11.2. The maximum Gasteiger partial charge on any atom is 0.327 e. The van der Waals surface area contributed by atoms with Crippen LogP contribution >= 0.6 is 0 Å². The van der Waals surface area contributed by atoms with Gasteiger partial charge in [-0.1, -0.05) is 30.3 Å². The van der Waals surface area contributed by atoms with Gasteiger partial charge in [0.1, 0.15) is 11.3 Å². The number of aromatic amines is 2. The van der Waals surface area contributed by atoms with Gasteiger partial charge in [-0.05, 0) is 12.5 Å². The average Bonchev–Trinajstić information content (AvgIpc) is 2.46. The first-order chi connectivity index (χ1) is 10.1. The molecule has 0 amide bonds. The van der Waals surface area contributed by atoms with Crippen LogP contribution in [-0.4, -0.2) is 19.5 Å². The molecule has 0 unspecified atom stereocenters. The van der Waals surface area contributed by atoms with Crippen molar-refractivity contribution in [2.24, 2.45) is 0 Å². The van der Waals surface area contributed by atoms with E-state index in [1.54, 1.807) is 0 Å². The summed E-state index contributed by atoms with van der Waals surface area (Å²) in [4.78, 5) is 44.1. The summed E-state index contributed by atoms with van der Waals surface area (Å²) >= 11 is 0. The fourth-order valence-electron chi connectivity index (χ4n) is 2.20. The Labute approximate surface area is 117 Å². The van der Waals surface area contributed by atoms with Crippen LogP contribution in [-0.2, 0) is 6.54 Å². The van der Waals surface area contributed by atoms with E-state index in [0.717, 1.165) is 5.56 Å². The van der Waals surface area contributed by atoms with E-state index in [1.807, 2.05) is 30.3 Å². The normalized spacial score (nSPS) is 10.9. The summed E-state index contributed by atoms with van der Waals surface area (Å²) in [5.74, 6) is 0. The van der Waals surface area contributed by atoms with E-state index in [1.165, 1.54) is 11.5 Å². The van der Waals surface area contributed by atoms with Crippen molar-refractivity contribution in [2.75, 3.05) is 0 Å². The van der Waals surface area contributed by atoms with Crippen molar-refractivity contribution >= 4 is 11.2 Å². The molecule has 2 heterocycles. The van der Waals surface area contributed by atoms with Gasteiger partial charge in [0.25, 0.3) is 11.1 Å². The van der Waals surface area contributed by atoms with Gasteiger partial charge in [0, 0.05) is 0 Å². The van der Waals surface area contributed by atoms with Crippen molar-refractivity contribution in [2.45, 2.75) is 13.5 Å². The molecule has 0 aliphatic carbocycles. The molecule has 0 spiro atoms. The third-order valence-corrected chi connectivity index (χ3v) is 3.19. The van der Waals surface area contributed by atoms with Gasteiger partial charge < -0.3 is 0 Å². The first kappa shape index (κ1) is 13.0. The fourth-order valence-corrected chi connectivity index (χ4v) is 2.20. The molecule has 0 aliphatic heterocycles. The molecule has 1 aromatic carbocycles. The molecule has 0 radical (unpaired) electrons. The monoisotopic (exact) mass is 284 g/mol. The van der Waals surface area contributed by atoms with Crippen LogP contribution in [0.4, 0.5) is 0 Å². The van der Waals surface area contributed by atoms with Crippen LogP contribution in [0.2, 0.25) is 0 Å². The summed E-state index contributed by atoms with van der Waals surface area (Å²) < 4.78 is 1.35. The van der Waals surface area contributed by atoms with Crippen molar-refractivity contribution in [3.8, 4) is 0 Å². The Morgan fingerprint density at radius 3 is 2.52 bits per heavy atom. The van der Waals surface area contributed by atoms with Crippen LogP contribution in [0.15, 0.2) is 44.7 Å². The second-order valence-corrected chi connectivity index (χ2v) is 4.68. The average molecular weight is 284 g/mol. The molecule has 0 saturated heterocycles. The Hall–Kier alpha value is -2.96. The Bertz CT molecular complexity index is 983. The minimum Gasteiger partial charge on any atom is -0.291 e. The maximum absolute atomic E-state index is 12.3. The third kappa shape index (κ3) is 2.29. The number of fused-ring (bicyclic) bond motifs is 1. The number of benzene rings is 1. The lowest BCUT2D eigenvalue weighted by Crippen LogP contribution is -2.31. The van der Waals surface area contributed by atoms with Gasteiger partial charge in [0.05, 0.1) is 6.54 Å². The summed E-state index contributed by atoms with van der Waals surface area (Å²) in [7, 11) is 0. The molecule has 7 heteroatoms. The quantitative estimate of drug-likeness (QED) is 0.698. The second-order valence-electron chi connectivity index (χ2n) is 4.68. The molecular weight excluding hydrogens is 272 g/mol. The lowest BCUT2D eigenvalue weighted by Gasteiger charge is -2.10. The topological polar surface area (TPSA) is 101 Å². The number of aromatic nitrogens is 4. The molecule has 3 aromatic rings. The number of nitrogens with zero attached hydrogens (tertiary/aromatic N) is 2. The van der Waals surface area contributed by atoms with Gasteiger partial charge >= 0.3 is 5.69 Å². The molecule has 0 bridgehead atoms. The van der Waals surface area contributed by atoms with E-state index < -0.39 is 11.2 Å². The zero-order valence-electron chi connectivity index (χ0n) is 11.2. The standard InChI is InChI=1S/C14H12N4O3/c1-8-13(20)18(7-9-5-3-2-4-6-9)11-10(15-8)12(19)17-14(21)16-11/h2-6H,7H2,1H3,(H2,16,17,19,21). The minimum absolute atomic E-state index is 0.0441. The van der Waals surface area contributed by atoms with Gasteiger partial charge in [-0.2, -0.15) is 0 Å². The Morgan fingerprint density at radius 1 is 1.10 bits per heavy atom. The van der Waals surface area contributed by atoms with E-state index in [-0.39, 0.29) is 29.0 Å². The van der Waals surface area contributed by atoms with Crippen LogP contribution in [0.1, 0.15) is 11.3 Å². The van der Waals surface area contributed by atoms with Crippen LogP contribution in [0.5, 0.6) is 0 Å². The largest absolute Gasteiger partial charge is 0.327 e. The highest BCUT2D eigenvalue weighted by atomic mass is 16.2. The number of nitrogens with one attached hydrogen (secondary N) is 2. The Kier molecular flexibility index (Phi) is 3.02. The molecule has 21 heavy (non-hydrogen) atoms. The van der Waals surface area contributed by atoms with Gasteiger partial charge in [-0.15, -0.1) is 0 Å². The number of rotatable bonds is 2. The predicted molar refractivity (Wildman–Crippen MR) is 77.5 cm³/mol. The SMILES string of the molecule is Cc1nc2c(=O)[nH]c(=O)[nH]c2n(Cc2ccccc2)c1=O. The lowest BCUT2D eigenvalue weighted by atomic mass is 10.2. The van der Waals surface area contributed by atoms with Gasteiger partial charge in [0.15, 0.2) is 5.52 Å². The van der Waals surface area contributed by atoms with Crippen LogP contribution in [0.25, 0.3) is 11.2 Å². The van der Waals surface area contributed by atoms with E-state index in [4.69, 9.17) is 0 Å². The van der Waals surface area contributed by atoms with Crippen molar-refractivity contribution in [3.63, 3.8) is 0 Å². The van der Waals surface area contributed by atoms with Crippen LogP contribution in [0, 0.1) is 6.92 Å². The second kappa shape index (κ2) is 4.86. The van der Waals surface area contributed by atoms with E-state index in [9.17, 15) is 14.4 Å². The Morgan fingerprint density at radius 2 is 1.81 bits per heavy atom. The molecule has 0 saturated carbocycles. The number of aryl methyl sites for hydroxylation is 1. The Balaban J connectivity index is 2.35. The summed E-state index contributed by atoms with van der Waals surface area (Å²) in [6.45, 7) is 1.78. The molecule has 106 valence electrons. The molecule has 2 aromatic heterocycles. The fraction of sp³-hybridized carbons (Fsp3) is 0.143. The van der Waals surface area contributed by atoms with Crippen molar-refractivity contribution < 1.29 is 0 Å². The van der Waals surface area contributed by atoms with Crippen LogP contribution in [0.3, 0.4) is 0 Å². The van der Waals surface area contributed by atoms with Gasteiger partial charge in [-0.3, -0.25) is 24.1 Å². The highest BCUT2D eigenvalue weighted by Gasteiger charge is 2.12. The highest BCUT2D eigenvalue weighted by Crippen LogP contribution is 2.05. The summed E-state index contributed by atoms with van der Waals surface area (Å²) in [6.07, 6.45) is 0. The molecule has 0 aliphatic rings. The van der Waals surface area contributed by atoms with Crippen molar-refractivity contribution in [3.05, 3.63) is 72.8 Å². The lowest BCUT2D eigenvalue weighted by molar-refractivity contribution is 0.758. The first-order valence-corrected chi connectivity index (χ1v) is 6.34. The first-order valence-electron chi connectivity index (χ1n) is 6.34. The number of H-pyrrole nitrogens is 2. The van der Waals surface area contributed by atoms with Gasteiger partial charge in [0.2, 0.25) is 0 Å². The maximum atomic E-state index is 12.3. The van der Waals surface area contributed by atoms with E-state index in [2.05, 4.69) is 15.0 Å². The molecular formula is C14H12N4O3. The molecule has 3 rings (SSSR count). The summed E-state index contributed by atoms with van der Waals surface area (Å²) in [5, 5.41) is 0. The van der Waals surface area contributed by atoms with Crippen LogP contribution < -0.4 is 16.8 Å². The van der Waals surface area contributed by atoms with E-state index in [0.29, 0.717) is 0 Å². The smallest absolute Gasteiger partial charge is 0.291 e. The molecule has 0 atom stereocenters. The molecule has 2 N–H and O–H groups in total. The molecule has 0 fully saturated rings. The van der Waals surface area contributed by atoms with E-state index >= 15 is 0 Å². The zero-order chi connectivity index (χ0) is 15.0. The van der Waals surface area contributed by atoms with Gasteiger partial charge in [-0.25, -0.2) is 9.78 Å². The summed E-state index contributed by atoms with van der Waals surface area (Å²) in [5.41, 5.74) is -0.361. The predicted octanol–water partition coefficient (Wildman–Crippen LogP) is 0.130. The molecule has 7 nitrogen and oxygen atoms in total. The summed E-state index contributed by atoms with van der Waals surface area (Å²) in [6, 6.07) is 9.30. The van der Waals surface area contributed by atoms with Crippen molar-refractivity contribution in [1.82, 2.24) is 19.5 Å².